The predicted octanol–water partition coefficient (Wildman–Crippen LogP) is 2.65. The molecule has 1 aliphatic heterocycles. The molecule has 0 atom stereocenters. The molecule has 1 N–H and O–H groups in total. The highest BCUT2D eigenvalue weighted by Crippen LogP contribution is 2.27. The summed E-state index contributed by atoms with van der Waals surface area (Å²) in [5, 5.41) is 3.08. The van der Waals surface area contributed by atoms with Crippen molar-refractivity contribution in [1.82, 2.24) is 14.7 Å². The van der Waals surface area contributed by atoms with Gasteiger partial charge < -0.3 is 15.1 Å². The van der Waals surface area contributed by atoms with Crippen molar-refractivity contribution in [3.63, 3.8) is 0 Å². The first-order valence-corrected chi connectivity index (χ1v) is 10.9. The summed E-state index contributed by atoms with van der Waals surface area (Å²) in [5.41, 5.74) is 3.06. The molecule has 1 saturated heterocycles. The monoisotopic (exact) mass is 400 g/mol. The first-order valence-electron chi connectivity index (χ1n) is 10.9. The van der Waals surface area contributed by atoms with Gasteiger partial charge in [0.05, 0.1) is 6.54 Å². The van der Waals surface area contributed by atoms with E-state index in [9.17, 15) is 9.59 Å². The van der Waals surface area contributed by atoms with E-state index < -0.39 is 0 Å². The highest BCUT2D eigenvalue weighted by atomic mass is 16.2. The molecular weight excluding hydrogens is 364 g/mol. The Hall–Kier alpha value is -1.92. The molecule has 3 rings (SSSR count). The van der Waals surface area contributed by atoms with E-state index in [2.05, 4.69) is 22.2 Å². The van der Waals surface area contributed by atoms with Crippen LogP contribution in [0.4, 0.5) is 5.69 Å². The van der Waals surface area contributed by atoms with Crippen molar-refractivity contribution in [2.75, 3.05) is 45.6 Å². The number of carbonyl (C=O) groups is 2. The van der Waals surface area contributed by atoms with E-state index in [0.717, 1.165) is 55.6 Å². The third kappa shape index (κ3) is 6.03. The summed E-state index contributed by atoms with van der Waals surface area (Å²) in [6, 6.07) is 6.82. The van der Waals surface area contributed by atoms with E-state index >= 15 is 0 Å². The van der Waals surface area contributed by atoms with Crippen LogP contribution in [0, 0.1) is 13.8 Å². The Labute approximate surface area is 175 Å². The van der Waals surface area contributed by atoms with Crippen molar-refractivity contribution in [2.24, 2.45) is 0 Å². The van der Waals surface area contributed by atoms with Gasteiger partial charge in [0.1, 0.15) is 0 Å². The zero-order valence-corrected chi connectivity index (χ0v) is 18.4. The second kappa shape index (κ2) is 9.72. The molecule has 2 aliphatic rings. The third-order valence-corrected chi connectivity index (χ3v) is 6.40. The van der Waals surface area contributed by atoms with Crippen LogP contribution in [0.3, 0.4) is 0 Å². The molecule has 6 nitrogen and oxygen atoms in total. The Morgan fingerprint density at radius 3 is 2.28 bits per heavy atom. The molecule has 160 valence electrons. The number of hydrogen-bond donors (Lipinski definition) is 1. The van der Waals surface area contributed by atoms with E-state index in [1.54, 1.807) is 0 Å². The summed E-state index contributed by atoms with van der Waals surface area (Å²) < 4.78 is 0. The Morgan fingerprint density at radius 2 is 1.69 bits per heavy atom. The van der Waals surface area contributed by atoms with Gasteiger partial charge in [0.25, 0.3) is 0 Å². The number of anilines is 1. The maximum atomic E-state index is 12.7. The van der Waals surface area contributed by atoms with Crippen molar-refractivity contribution in [1.29, 1.82) is 0 Å². The number of likely N-dealkylation sites (tertiary alicyclic amines) is 1. The Bertz CT molecular complexity index is 703. The molecule has 1 heterocycles. The van der Waals surface area contributed by atoms with Crippen LogP contribution in [-0.2, 0) is 9.59 Å². The number of benzene rings is 1. The van der Waals surface area contributed by atoms with E-state index in [-0.39, 0.29) is 11.8 Å². The molecule has 1 aromatic carbocycles. The van der Waals surface area contributed by atoms with Gasteiger partial charge in [-0.1, -0.05) is 18.2 Å². The molecule has 29 heavy (non-hydrogen) atoms. The molecule has 0 aromatic heterocycles. The standard InChI is InChI=1S/C23H36N4O2/c1-17-6-5-7-18(2)23(17)24-21(28)16-27(20-8-9-20)15-12-22(29)26(4)19-10-13-25(3)14-11-19/h5-7,19-20H,8-16H2,1-4H3,(H,24,28). The highest BCUT2D eigenvalue weighted by molar-refractivity contribution is 5.93. The number of amides is 2. The largest absolute Gasteiger partial charge is 0.343 e. The quantitative estimate of drug-likeness (QED) is 0.729. The SMILES string of the molecule is Cc1cccc(C)c1NC(=O)CN(CCC(=O)N(C)C1CCN(C)CC1)C1CC1. The lowest BCUT2D eigenvalue weighted by atomic mass is 10.0. The summed E-state index contributed by atoms with van der Waals surface area (Å²) in [7, 11) is 4.07. The second-order valence-electron chi connectivity index (χ2n) is 8.81. The second-order valence-corrected chi connectivity index (χ2v) is 8.81. The average molecular weight is 401 g/mol. The molecule has 1 saturated carbocycles. The van der Waals surface area contributed by atoms with Crippen molar-refractivity contribution < 1.29 is 9.59 Å². The van der Waals surface area contributed by atoms with E-state index in [0.29, 0.717) is 31.6 Å². The lowest BCUT2D eigenvalue weighted by Crippen LogP contribution is -2.45. The maximum Gasteiger partial charge on any atom is 0.238 e. The smallest absolute Gasteiger partial charge is 0.238 e. The normalized spacial score (nSPS) is 18.1. The summed E-state index contributed by atoms with van der Waals surface area (Å²) in [5.74, 6) is 0.200. The third-order valence-electron chi connectivity index (χ3n) is 6.40. The number of nitrogens with one attached hydrogen (secondary N) is 1. The van der Waals surface area contributed by atoms with Crippen molar-refractivity contribution in [3.8, 4) is 0 Å². The minimum absolute atomic E-state index is 0.00502. The number of aryl methyl sites for hydroxylation is 2. The van der Waals surface area contributed by atoms with Gasteiger partial charge >= 0.3 is 0 Å². The summed E-state index contributed by atoms with van der Waals surface area (Å²) >= 11 is 0. The minimum Gasteiger partial charge on any atom is -0.343 e. The summed E-state index contributed by atoms with van der Waals surface area (Å²) in [6.45, 7) is 7.13. The molecule has 1 aromatic rings. The van der Waals surface area contributed by atoms with E-state index in [4.69, 9.17) is 0 Å². The molecule has 0 unspecified atom stereocenters. The molecule has 2 amide bonds. The van der Waals surface area contributed by atoms with Crippen LogP contribution >= 0.6 is 0 Å². The predicted molar refractivity (Wildman–Crippen MR) is 117 cm³/mol. The number of rotatable bonds is 8. The maximum absolute atomic E-state index is 12.7. The molecule has 0 bridgehead atoms. The lowest BCUT2D eigenvalue weighted by Gasteiger charge is -2.35. The van der Waals surface area contributed by atoms with Crippen LogP contribution in [0.5, 0.6) is 0 Å². The minimum atomic E-state index is 0.00502. The summed E-state index contributed by atoms with van der Waals surface area (Å²) in [4.78, 5) is 31.8. The fourth-order valence-electron chi connectivity index (χ4n) is 4.21. The number of piperidine rings is 1. The van der Waals surface area contributed by atoms with E-state index in [1.807, 2.05) is 44.0 Å². The van der Waals surface area contributed by atoms with Crippen LogP contribution in [0.15, 0.2) is 18.2 Å². The molecule has 0 spiro atoms. The first kappa shape index (κ1) is 21.8. The van der Waals surface area contributed by atoms with Gasteiger partial charge in [-0.25, -0.2) is 0 Å². The van der Waals surface area contributed by atoms with E-state index in [1.165, 1.54) is 0 Å². The summed E-state index contributed by atoms with van der Waals surface area (Å²) in [6.07, 6.45) is 4.81. The first-order chi connectivity index (χ1) is 13.8. The van der Waals surface area contributed by atoms with Gasteiger partial charge in [0, 0.05) is 37.8 Å². The Kier molecular flexibility index (Phi) is 7.30. The molecule has 2 fully saturated rings. The van der Waals surface area contributed by atoms with Crippen LogP contribution in [0.25, 0.3) is 0 Å². The van der Waals surface area contributed by atoms with Gasteiger partial charge in [-0.05, 0) is 70.8 Å². The zero-order valence-electron chi connectivity index (χ0n) is 18.4. The van der Waals surface area contributed by atoms with Crippen molar-refractivity contribution in [3.05, 3.63) is 29.3 Å². The number of hydrogen-bond acceptors (Lipinski definition) is 4. The fourth-order valence-corrected chi connectivity index (χ4v) is 4.21. The van der Waals surface area contributed by atoms with Crippen LogP contribution in [-0.4, -0.2) is 78.9 Å². The topological polar surface area (TPSA) is 55.9 Å². The van der Waals surface area contributed by atoms with Crippen LogP contribution in [0.1, 0.15) is 43.2 Å². The average Bonchev–Trinajstić information content (AvgIpc) is 3.53. The van der Waals surface area contributed by atoms with Crippen molar-refractivity contribution >= 4 is 17.5 Å². The van der Waals surface area contributed by atoms with Crippen LogP contribution in [0.2, 0.25) is 0 Å². The molecular formula is C23H36N4O2. The fraction of sp³-hybridized carbons (Fsp3) is 0.652. The number of para-hydroxylation sites is 1. The molecule has 1 aliphatic carbocycles. The van der Waals surface area contributed by atoms with Crippen LogP contribution < -0.4 is 5.32 Å². The Morgan fingerprint density at radius 1 is 1.07 bits per heavy atom. The molecule has 6 heteroatoms. The highest BCUT2D eigenvalue weighted by Gasteiger charge is 2.31. The number of nitrogens with zero attached hydrogens (tertiary/aromatic N) is 3. The van der Waals surface area contributed by atoms with Gasteiger partial charge in [-0.2, -0.15) is 0 Å². The zero-order chi connectivity index (χ0) is 21.0. The Balaban J connectivity index is 1.50. The van der Waals surface area contributed by atoms with Gasteiger partial charge in [0.15, 0.2) is 0 Å². The number of carbonyl (C=O) groups excluding carboxylic acids is 2. The van der Waals surface area contributed by atoms with Gasteiger partial charge in [-0.3, -0.25) is 14.5 Å². The van der Waals surface area contributed by atoms with Gasteiger partial charge in [-0.15, -0.1) is 0 Å². The lowest BCUT2D eigenvalue weighted by molar-refractivity contribution is -0.133. The van der Waals surface area contributed by atoms with Gasteiger partial charge in [0.2, 0.25) is 11.8 Å². The molecule has 0 radical (unpaired) electrons. The van der Waals surface area contributed by atoms with Crippen molar-refractivity contribution in [2.45, 2.75) is 58.0 Å².